The van der Waals surface area contributed by atoms with Crippen LogP contribution in [0.2, 0.25) is 0 Å². The van der Waals surface area contributed by atoms with Gasteiger partial charge in [0.05, 0.1) is 19.3 Å². The van der Waals surface area contributed by atoms with Crippen LogP contribution >= 0.6 is 0 Å². The number of carbonyl (C=O) groups is 1. The highest BCUT2D eigenvalue weighted by molar-refractivity contribution is 5.92. The molecule has 132 valence electrons. The molecule has 1 aromatic carbocycles. The predicted octanol–water partition coefficient (Wildman–Crippen LogP) is 2.92. The summed E-state index contributed by atoms with van der Waals surface area (Å²) in [5.41, 5.74) is 2.13. The summed E-state index contributed by atoms with van der Waals surface area (Å²) in [6.07, 6.45) is 3.27. The highest BCUT2D eigenvalue weighted by atomic mass is 16.5. The van der Waals surface area contributed by atoms with Crippen LogP contribution in [0.5, 0.6) is 5.75 Å². The van der Waals surface area contributed by atoms with Crippen molar-refractivity contribution in [2.75, 3.05) is 19.0 Å². The highest BCUT2D eigenvalue weighted by Gasteiger charge is 2.34. The second-order valence-electron chi connectivity index (χ2n) is 5.86. The fourth-order valence-corrected chi connectivity index (χ4v) is 2.86. The molecule has 3 rings (SSSR count). The minimum atomic E-state index is -0.414. The molecule has 0 radical (unpaired) electrons. The van der Waals surface area contributed by atoms with Crippen molar-refractivity contribution in [3.63, 3.8) is 0 Å². The first-order valence-electron chi connectivity index (χ1n) is 8.34. The Hall–Kier alpha value is -2.83. The lowest BCUT2D eigenvalue weighted by Gasteiger charge is -2.28. The fraction of sp³-hybridized carbons (Fsp3) is 0.389. The molecule has 0 fully saturated rings. The fourth-order valence-electron chi connectivity index (χ4n) is 2.86. The average molecular weight is 342 g/mol. The van der Waals surface area contributed by atoms with E-state index in [0.717, 1.165) is 24.1 Å². The lowest BCUT2D eigenvalue weighted by Crippen LogP contribution is -2.29. The van der Waals surface area contributed by atoms with E-state index in [1.54, 1.807) is 11.8 Å². The Kier molecular flexibility index (Phi) is 5.02. The maximum atomic E-state index is 12.7. The first-order chi connectivity index (χ1) is 12.2. The van der Waals surface area contributed by atoms with Crippen LogP contribution in [-0.2, 0) is 9.53 Å². The number of carbonyl (C=O) groups excluding carboxylic acids is 1. The first-order valence-corrected chi connectivity index (χ1v) is 8.34. The SMILES string of the molecule is CCCCOC(=O)C1=C(C)Nc2ncnn2[C@@H]1c1cccc(OC)c1. The molecule has 0 aliphatic carbocycles. The van der Waals surface area contributed by atoms with Gasteiger partial charge in [0.25, 0.3) is 0 Å². The van der Waals surface area contributed by atoms with Crippen molar-refractivity contribution in [3.05, 3.63) is 47.4 Å². The highest BCUT2D eigenvalue weighted by Crippen LogP contribution is 2.36. The van der Waals surface area contributed by atoms with E-state index in [9.17, 15) is 4.79 Å². The zero-order valence-electron chi connectivity index (χ0n) is 14.7. The van der Waals surface area contributed by atoms with E-state index < -0.39 is 6.04 Å². The number of methoxy groups -OCH3 is 1. The number of anilines is 1. The molecule has 7 heteroatoms. The standard InChI is InChI=1S/C18H22N4O3/c1-4-5-9-25-17(23)15-12(2)21-18-19-11-20-22(18)16(15)13-7-6-8-14(10-13)24-3/h6-8,10-11,16H,4-5,9H2,1-3H3,(H,19,20,21)/t16-/m1/s1. The molecule has 0 saturated carbocycles. The lowest BCUT2D eigenvalue weighted by atomic mass is 9.95. The van der Waals surface area contributed by atoms with Gasteiger partial charge in [0, 0.05) is 5.70 Å². The molecule has 7 nitrogen and oxygen atoms in total. The molecule has 2 aromatic rings. The molecule has 0 amide bonds. The van der Waals surface area contributed by atoms with Crippen LogP contribution in [0.3, 0.4) is 0 Å². The number of ether oxygens (including phenoxy) is 2. The molecular weight excluding hydrogens is 320 g/mol. The van der Waals surface area contributed by atoms with Gasteiger partial charge in [-0.25, -0.2) is 9.48 Å². The third kappa shape index (κ3) is 3.35. The van der Waals surface area contributed by atoms with E-state index in [1.165, 1.54) is 6.33 Å². The zero-order valence-corrected chi connectivity index (χ0v) is 14.7. The third-order valence-corrected chi connectivity index (χ3v) is 4.15. The van der Waals surface area contributed by atoms with Crippen LogP contribution in [0.25, 0.3) is 0 Å². The number of nitrogens with one attached hydrogen (secondary N) is 1. The number of fused-ring (bicyclic) bond motifs is 1. The molecule has 0 bridgehead atoms. The van der Waals surface area contributed by atoms with Crippen molar-refractivity contribution in [2.24, 2.45) is 0 Å². The van der Waals surface area contributed by atoms with Crippen LogP contribution in [0, 0.1) is 0 Å². The van der Waals surface area contributed by atoms with Crippen molar-refractivity contribution in [1.29, 1.82) is 0 Å². The number of esters is 1. The third-order valence-electron chi connectivity index (χ3n) is 4.15. The Labute approximate surface area is 146 Å². The largest absolute Gasteiger partial charge is 0.497 e. The van der Waals surface area contributed by atoms with Gasteiger partial charge < -0.3 is 14.8 Å². The van der Waals surface area contributed by atoms with Gasteiger partial charge in [-0.1, -0.05) is 25.5 Å². The van der Waals surface area contributed by atoms with Gasteiger partial charge in [0.1, 0.15) is 18.1 Å². The van der Waals surface area contributed by atoms with Gasteiger partial charge in [-0.05, 0) is 31.0 Å². The maximum Gasteiger partial charge on any atom is 0.338 e. The van der Waals surface area contributed by atoms with Gasteiger partial charge >= 0.3 is 5.97 Å². The minimum absolute atomic E-state index is 0.340. The van der Waals surface area contributed by atoms with E-state index >= 15 is 0 Å². The molecule has 1 aliphatic heterocycles. The number of hydrogen-bond donors (Lipinski definition) is 1. The Bertz CT molecular complexity index is 797. The molecule has 0 saturated heterocycles. The van der Waals surface area contributed by atoms with Gasteiger partial charge in [0.2, 0.25) is 5.95 Å². The van der Waals surface area contributed by atoms with E-state index in [4.69, 9.17) is 9.47 Å². The number of unbranched alkanes of at least 4 members (excludes halogenated alkanes) is 1. The molecule has 1 aliphatic rings. The molecule has 25 heavy (non-hydrogen) atoms. The van der Waals surface area contributed by atoms with Crippen molar-refractivity contribution < 1.29 is 14.3 Å². The van der Waals surface area contributed by atoms with Crippen LogP contribution in [0.1, 0.15) is 38.3 Å². The Morgan fingerprint density at radius 2 is 2.24 bits per heavy atom. The maximum absolute atomic E-state index is 12.7. The minimum Gasteiger partial charge on any atom is -0.497 e. The van der Waals surface area contributed by atoms with Crippen LogP contribution in [0.4, 0.5) is 5.95 Å². The summed E-state index contributed by atoms with van der Waals surface area (Å²) in [7, 11) is 1.61. The Morgan fingerprint density at radius 3 is 3.00 bits per heavy atom. The smallest absolute Gasteiger partial charge is 0.338 e. The van der Waals surface area contributed by atoms with Gasteiger partial charge in [-0.15, -0.1) is 0 Å². The van der Waals surface area contributed by atoms with E-state index in [2.05, 4.69) is 22.3 Å². The molecule has 0 unspecified atom stereocenters. The molecule has 0 spiro atoms. The average Bonchev–Trinajstić information content (AvgIpc) is 3.08. The summed E-state index contributed by atoms with van der Waals surface area (Å²) >= 11 is 0. The summed E-state index contributed by atoms with van der Waals surface area (Å²) < 4.78 is 12.5. The topological polar surface area (TPSA) is 78.3 Å². The Balaban J connectivity index is 2.02. The number of hydrogen-bond acceptors (Lipinski definition) is 6. The molecule has 1 atom stereocenters. The molecule has 2 heterocycles. The van der Waals surface area contributed by atoms with Crippen molar-refractivity contribution in [3.8, 4) is 5.75 Å². The van der Waals surface area contributed by atoms with Gasteiger partial charge in [-0.2, -0.15) is 10.1 Å². The normalized spacial score (nSPS) is 16.2. The summed E-state index contributed by atoms with van der Waals surface area (Å²) in [5.74, 6) is 0.969. The van der Waals surface area contributed by atoms with Crippen molar-refractivity contribution in [2.45, 2.75) is 32.7 Å². The zero-order chi connectivity index (χ0) is 17.8. The monoisotopic (exact) mass is 342 g/mol. The van der Waals surface area contributed by atoms with E-state index in [-0.39, 0.29) is 5.97 Å². The summed E-state index contributed by atoms with van der Waals surface area (Å²) in [6, 6.07) is 7.18. The van der Waals surface area contributed by atoms with Gasteiger partial charge in [-0.3, -0.25) is 0 Å². The summed E-state index contributed by atoms with van der Waals surface area (Å²) in [4.78, 5) is 17.0. The van der Waals surface area contributed by atoms with Crippen LogP contribution in [-0.4, -0.2) is 34.5 Å². The van der Waals surface area contributed by atoms with Gasteiger partial charge in [0.15, 0.2) is 0 Å². The number of aromatic nitrogens is 3. The number of benzene rings is 1. The number of rotatable bonds is 6. The molecular formula is C18H22N4O3. The van der Waals surface area contributed by atoms with E-state index in [1.807, 2.05) is 31.2 Å². The number of nitrogens with zero attached hydrogens (tertiary/aromatic N) is 3. The van der Waals surface area contributed by atoms with Crippen molar-refractivity contribution >= 4 is 11.9 Å². The quantitative estimate of drug-likeness (QED) is 0.642. The molecule has 1 N–H and O–H groups in total. The Morgan fingerprint density at radius 1 is 1.40 bits per heavy atom. The summed E-state index contributed by atoms with van der Waals surface area (Å²) in [5, 5.41) is 7.42. The lowest BCUT2D eigenvalue weighted by molar-refractivity contribution is -0.139. The second-order valence-corrected chi connectivity index (χ2v) is 5.86. The van der Waals surface area contributed by atoms with Crippen LogP contribution in [0.15, 0.2) is 41.9 Å². The predicted molar refractivity (Wildman–Crippen MR) is 93.3 cm³/mol. The van der Waals surface area contributed by atoms with Crippen LogP contribution < -0.4 is 10.1 Å². The van der Waals surface area contributed by atoms with Crippen molar-refractivity contribution in [1.82, 2.24) is 14.8 Å². The molecule has 1 aromatic heterocycles. The van der Waals surface area contributed by atoms with E-state index in [0.29, 0.717) is 23.9 Å². The first kappa shape index (κ1) is 17.0. The summed E-state index contributed by atoms with van der Waals surface area (Å²) in [6.45, 7) is 4.31. The second kappa shape index (κ2) is 7.38. The number of allylic oxidation sites excluding steroid dienone is 1.